The molecular formula is C23H29FN8O. The van der Waals surface area contributed by atoms with Crippen LogP contribution in [0.25, 0.3) is 22.6 Å². The predicted octanol–water partition coefficient (Wildman–Crippen LogP) is 3.34. The van der Waals surface area contributed by atoms with Crippen molar-refractivity contribution < 1.29 is 9.18 Å². The third-order valence-corrected chi connectivity index (χ3v) is 6.61. The maximum absolute atomic E-state index is 14.6. The smallest absolute Gasteiger partial charge is 0.317 e. The Bertz CT molecular complexity index is 1160. The summed E-state index contributed by atoms with van der Waals surface area (Å²) in [5.74, 6) is 0.558. The summed E-state index contributed by atoms with van der Waals surface area (Å²) in [4.78, 5) is 27.5. The van der Waals surface area contributed by atoms with Crippen LogP contribution in [-0.4, -0.2) is 60.8 Å². The molecule has 5 rings (SSSR count). The van der Waals surface area contributed by atoms with Gasteiger partial charge in [0.2, 0.25) is 0 Å². The van der Waals surface area contributed by atoms with Crippen LogP contribution in [0.5, 0.6) is 0 Å². The highest BCUT2D eigenvalue weighted by atomic mass is 19.1. The molecule has 2 N–H and O–H groups in total. The van der Waals surface area contributed by atoms with Crippen LogP contribution in [0, 0.1) is 11.7 Å². The lowest BCUT2D eigenvalue weighted by Crippen LogP contribution is -2.47. The summed E-state index contributed by atoms with van der Waals surface area (Å²) in [6, 6.07) is 3.82. The Morgan fingerprint density at radius 2 is 2.06 bits per heavy atom. The maximum atomic E-state index is 14.6. The van der Waals surface area contributed by atoms with Crippen LogP contribution in [0.1, 0.15) is 39.0 Å². The van der Waals surface area contributed by atoms with E-state index in [9.17, 15) is 9.18 Å². The van der Waals surface area contributed by atoms with Crippen LogP contribution >= 0.6 is 0 Å². The van der Waals surface area contributed by atoms with E-state index in [4.69, 9.17) is 0 Å². The Balaban J connectivity index is 1.29. The monoisotopic (exact) mass is 452 g/mol. The van der Waals surface area contributed by atoms with Crippen LogP contribution in [0.15, 0.2) is 24.5 Å². The number of nitrogens with zero attached hydrogens (tertiary/aromatic N) is 6. The molecule has 174 valence electrons. The number of pyridine rings is 1. The van der Waals surface area contributed by atoms with Gasteiger partial charge in [-0.15, -0.1) is 0 Å². The van der Waals surface area contributed by atoms with Gasteiger partial charge in [-0.2, -0.15) is 5.10 Å². The summed E-state index contributed by atoms with van der Waals surface area (Å²) in [5, 5.41) is 11.7. The van der Waals surface area contributed by atoms with Crippen molar-refractivity contribution in [2.45, 2.75) is 51.1 Å². The lowest BCUT2D eigenvalue weighted by Gasteiger charge is -2.32. The van der Waals surface area contributed by atoms with Gasteiger partial charge in [0.1, 0.15) is 5.69 Å². The zero-order valence-electron chi connectivity index (χ0n) is 19.0. The molecule has 9 nitrogen and oxygen atoms in total. The number of urea groups is 1. The number of rotatable bonds is 4. The van der Waals surface area contributed by atoms with E-state index in [0.717, 1.165) is 50.6 Å². The Labute approximate surface area is 191 Å². The van der Waals surface area contributed by atoms with Crippen molar-refractivity contribution >= 4 is 22.9 Å². The SMILES string of the molecule is C[C@@H]1CCN(C(=O)N[C@@H]2CCCC(Nc3nc(-c4nn(C)c5ncccc45)ncc3F)C2)C1. The van der Waals surface area contributed by atoms with Gasteiger partial charge in [-0.1, -0.05) is 6.92 Å². The van der Waals surface area contributed by atoms with Crippen LogP contribution in [0.4, 0.5) is 15.0 Å². The number of nitrogens with one attached hydrogen (secondary N) is 2. The molecule has 3 atom stereocenters. The molecule has 1 aliphatic heterocycles. The standard InChI is InChI=1S/C23H29FN8O/c1-14-8-10-32(13-14)23(33)28-16-6-3-5-15(11-16)27-20-18(24)12-26-21(29-20)19-17-7-4-9-25-22(17)31(2)30-19/h4,7,9,12,14-16H,3,5-6,8,10-11,13H2,1-2H3,(H,28,33)(H,26,27,29)/t14-,15?,16-/m1/s1. The highest BCUT2D eigenvalue weighted by molar-refractivity contribution is 5.89. The molecule has 2 fully saturated rings. The van der Waals surface area contributed by atoms with E-state index in [1.54, 1.807) is 17.9 Å². The Hall–Kier alpha value is -3.30. The first-order chi connectivity index (χ1) is 16.0. The van der Waals surface area contributed by atoms with E-state index in [1.165, 1.54) is 6.20 Å². The molecule has 10 heteroatoms. The number of hydrogen-bond acceptors (Lipinski definition) is 6. The average molecular weight is 453 g/mol. The molecule has 3 aromatic heterocycles. The molecule has 0 bridgehead atoms. The van der Waals surface area contributed by atoms with Gasteiger partial charge in [-0.05, 0) is 50.2 Å². The number of hydrogen-bond donors (Lipinski definition) is 2. The molecule has 0 spiro atoms. The van der Waals surface area contributed by atoms with E-state index in [-0.39, 0.29) is 23.9 Å². The van der Waals surface area contributed by atoms with Crippen molar-refractivity contribution in [2.75, 3.05) is 18.4 Å². The Morgan fingerprint density at radius 3 is 2.88 bits per heavy atom. The number of fused-ring (bicyclic) bond motifs is 1. The quantitative estimate of drug-likeness (QED) is 0.630. The molecule has 1 saturated heterocycles. The summed E-state index contributed by atoms with van der Waals surface area (Å²) in [6.45, 7) is 3.80. The first-order valence-electron chi connectivity index (χ1n) is 11.6. The van der Waals surface area contributed by atoms with Gasteiger partial charge in [0.15, 0.2) is 23.1 Å². The second-order valence-corrected chi connectivity index (χ2v) is 9.23. The van der Waals surface area contributed by atoms with Crippen LogP contribution in [0.2, 0.25) is 0 Å². The van der Waals surface area contributed by atoms with Gasteiger partial charge in [0, 0.05) is 38.4 Å². The minimum absolute atomic E-state index is 0.0103. The van der Waals surface area contributed by atoms with E-state index in [0.29, 0.717) is 23.1 Å². The normalized spacial score (nSPS) is 23.1. The molecule has 2 amide bonds. The predicted molar refractivity (Wildman–Crippen MR) is 123 cm³/mol. The fourth-order valence-electron chi connectivity index (χ4n) is 4.87. The summed E-state index contributed by atoms with van der Waals surface area (Å²) in [6.07, 6.45) is 7.44. The summed E-state index contributed by atoms with van der Waals surface area (Å²) in [7, 11) is 1.81. The highest BCUT2D eigenvalue weighted by Gasteiger charge is 2.28. The third-order valence-electron chi connectivity index (χ3n) is 6.61. The molecule has 4 heterocycles. The van der Waals surface area contributed by atoms with Crippen molar-refractivity contribution in [3.63, 3.8) is 0 Å². The zero-order chi connectivity index (χ0) is 22.9. The average Bonchev–Trinajstić information content (AvgIpc) is 3.39. The van der Waals surface area contributed by atoms with E-state index in [2.05, 4.69) is 37.6 Å². The first-order valence-corrected chi connectivity index (χ1v) is 11.6. The molecule has 0 aromatic carbocycles. The fraction of sp³-hybridized carbons (Fsp3) is 0.522. The fourth-order valence-corrected chi connectivity index (χ4v) is 4.87. The molecule has 1 aliphatic carbocycles. The topological polar surface area (TPSA) is 101 Å². The lowest BCUT2D eigenvalue weighted by atomic mass is 9.91. The van der Waals surface area contributed by atoms with Crippen LogP contribution in [0.3, 0.4) is 0 Å². The Morgan fingerprint density at radius 1 is 1.21 bits per heavy atom. The van der Waals surface area contributed by atoms with Gasteiger partial charge in [0.05, 0.1) is 11.6 Å². The van der Waals surface area contributed by atoms with E-state index < -0.39 is 5.82 Å². The number of aromatic nitrogens is 5. The number of anilines is 1. The number of likely N-dealkylation sites (tertiary alicyclic amines) is 1. The summed E-state index contributed by atoms with van der Waals surface area (Å²) < 4.78 is 16.3. The van der Waals surface area contributed by atoms with Gasteiger partial charge in [-0.25, -0.2) is 28.8 Å². The first kappa shape index (κ1) is 21.5. The van der Waals surface area contributed by atoms with Crippen LogP contribution in [-0.2, 0) is 7.05 Å². The zero-order valence-corrected chi connectivity index (χ0v) is 19.0. The number of carbonyl (C=O) groups excluding carboxylic acids is 1. The van der Waals surface area contributed by atoms with Crippen molar-refractivity contribution in [1.29, 1.82) is 0 Å². The van der Waals surface area contributed by atoms with E-state index in [1.807, 2.05) is 17.0 Å². The minimum atomic E-state index is -0.505. The maximum Gasteiger partial charge on any atom is 0.317 e. The summed E-state index contributed by atoms with van der Waals surface area (Å²) >= 11 is 0. The minimum Gasteiger partial charge on any atom is -0.365 e. The number of carbonyl (C=O) groups is 1. The van der Waals surface area contributed by atoms with Crippen molar-refractivity contribution in [3.8, 4) is 11.5 Å². The molecule has 33 heavy (non-hydrogen) atoms. The van der Waals surface area contributed by atoms with Crippen molar-refractivity contribution in [3.05, 3.63) is 30.3 Å². The Kier molecular flexibility index (Phi) is 5.82. The highest BCUT2D eigenvalue weighted by Crippen LogP contribution is 2.27. The second kappa shape index (κ2) is 8.92. The third kappa shape index (κ3) is 4.46. The molecular weight excluding hydrogens is 423 g/mol. The second-order valence-electron chi connectivity index (χ2n) is 9.23. The largest absolute Gasteiger partial charge is 0.365 e. The van der Waals surface area contributed by atoms with Crippen molar-refractivity contribution in [1.82, 2.24) is 34.9 Å². The molecule has 1 unspecified atom stereocenters. The van der Waals surface area contributed by atoms with Gasteiger partial charge in [-0.3, -0.25) is 0 Å². The molecule has 2 aliphatic rings. The number of halogens is 1. The summed E-state index contributed by atoms with van der Waals surface area (Å²) in [5.41, 5.74) is 1.28. The van der Waals surface area contributed by atoms with Crippen molar-refractivity contribution in [2.24, 2.45) is 13.0 Å². The number of aryl methyl sites for hydroxylation is 1. The molecule has 1 saturated carbocycles. The van der Waals surface area contributed by atoms with Gasteiger partial charge in [0.25, 0.3) is 0 Å². The van der Waals surface area contributed by atoms with E-state index >= 15 is 0 Å². The van der Waals surface area contributed by atoms with Gasteiger partial charge < -0.3 is 15.5 Å². The molecule has 0 radical (unpaired) electrons. The van der Waals surface area contributed by atoms with Gasteiger partial charge >= 0.3 is 6.03 Å². The number of amides is 2. The molecule has 3 aromatic rings. The lowest BCUT2D eigenvalue weighted by molar-refractivity contribution is 0.198. The van der Waals surface area contributed by atoms with Crippen LogP contribution < -0.4 is 10.6 Å².